The average Bonchev–Trinajstić information content (AvgIpc) is 2.38. The van der Waals surface area contributed by atoms with Crippen LogP contribution in [-0.4, -0.2) is 34.6 Å². The number of amides is 2. The van der Waals surface area contributed by atoms with Crippen LogP contribution in [0.4, 0.5) is 10.5 Å². The quantitative estimate of drug-likeness (QED) is 0.864. The van der Waals surface area contributed by atoms with Gasteiger partial charge in [-0.2, -0.15) is 0 Å². The van der Waals surface area contributed by atoms with E-state index in [-0.39, 0.29) is 17.6 Å². The highest BCUT2D eigenvalue weighted by Crippen LogP contribution is 2.22. The van der Waals surface area contributed by atoms with E-state index in [1.807, 2.05) is 6.92 Å². The third-order valence-electron chi connectivity index (χ3n) is 3.46. The summed E-state index contributed by atoms with van der Waals surface area (Å²) in [6, 6.07) is 4.70. The number of carbonyl (C=O) groups is 2. The summed E-state index contributed by atoms with van der Waals surface area (Å²) in [5.41, 5.74) is 0.626. The number of nitrogens with one attached hydrogen (secondary N) is 1. The van der Waals surface area contributed by atoms with Crippen molar-refractivity contribution in [1.82, 2.24) is 4.90 Å². The summed E-state index contributed by atoms with van der Waals surface area (Å²) in [7, 11) is 0. The summed E-state index contributed by atoms with van der Waals surface area (Å²) in [6.07, 6.45) is 3.16. The molecule has 2 amide bonds. The molecular weight excluding hydrogens is 324 g/mol. The summed E-state index contributed by atoms with van der Waals surface area (Å²) >= 11 is 3.25. The first-order chi connectivity index (χ1) is 9.47. The van der Waals surface area contributed by atoms with E-state index in [1.165, 1.54) is 12.1 Å². The number of anilines is 1. The van der Waals surface area contributed by atoms with Gasteiger partial charge in [0.2, 0.25) is 0 Å². The molecular formula is C14H17BrN2O3. The highest BCUT2D eigenvalue weighted by atomic mass is 79.9. The largest absolute Gasteiger partial charge is 0.478 e. The minimum atomic E-state index is -1.02. The number of aromatic carboxylic acids is 1. The smallest absolute Gasteiger partial charge is 0.335 e. The van der Waals surface area contributed by atoms with Crippen LogP contribution in [0.1, 0.15) is 36.5 Å². The molecule has 2 rings (SSSR count). The first kappa shape index (κ1) is 14.8. The molecule has 1 aliphatic heterocycles. The monoisotopic (exact) mass is 340 g/mol. The normalized spacial score (nSPS) is 18.7. The second kappa shape index (κ2) is 6.26. The Morgan fingerprint density at radius 3 is 2.75 bits per heavy atom. The fourth-order valence-corrected chi connectivity index (χ4v) is 2.87. The Hall–Kier alpha value is -1.56. The molecule has 0 saturated carbocycles. The fraction of sp³-hybridized carbons (Fsp3) is 0.429. The van der Waals surface area contributed by atoms with Gasteiger partial charge < -0.3 is 15.3 Å². The van der Waals surface area contributed by atoms with Crippen LogP contribution in [0.5, 0.6) is 0 Å². The van der Waals surface area contributed by atoms with Crippen LogP contribution >= 0.6 is 15.9 Å². The first-order valence-corrected chi connectivity index (χ1v) is 7.38. The summed E-state index contributed by atoms with van der Waals surface area (Å²) in [4.78, 5) is 25.0. The summed E-state index contributed by atoms with van der Waals surface area (Å²) < 4.78 is 0.624. The average molecular weight is 341 g/mol. The number of carboxylic acids is 1. The molecule has 0 bridgehead atoms. The molecule has 0 aromatic heterocycles. The minimum absolute atomic E-state index is 0.140. The molecule has 5 nitrogen and oxygen atoms in total. The lowest BCUT2D eigenvalue weighted by Gasteiger charge is -2.33. The summed E-state index contributed by atoms with van der Waals surface area (Å²) in [5.74, 6) is -1.02. The third-order valence-corrected chi connectivity index (χ3v) is 3.92. The van der Waals surface area contributed by atoms with Crippen LogP contribution in [0.2, 0.25) is 0 Å². The van der Waals surface area contributed by atoms with E-state index in [4.69, 9.17) is 5.11 Å². The zero-order valence-corrected chi connectivity index (χ0v) is 12.8. The van der Waals surface area contributed by atoms with Crippen molar-refractivity contribution in [2.45, 2.75) is 32.2 Å². The first-order valence-electron chi connectivity index (χ1n) is 6.59. The Morgan fingerprint density at radius 1 is 1.35 bits per heavy atom. The SMILES string of the molecule is CC1CCCCN1C(=O)Nc1cc(Br)cc(C(=O)O)c1. The fourth-order valence-electron chi connectivity index (χ4n) is 2.38. The van der Waals surface area contributed by atoms with Gasteiger partial charge in [-0.15, -0.1) is 0 Å². The Morgan fingerprint density at radius 2 is 2.10 bits per heavy atom. The van der Waals surface area contributed by atoms with Crippen molar-refractivity contribution in [2.24, 2.45) is 0 Å². The molecule has 20 heavy (non-hydrogen) atoms. The number of hydrogen-bond donors (Lipinski definition) is 2. The predicted molar refractivity (Wildman–Crippen MR) is 80.1 cm³/mol. The summed E-state index contributed by atoms with van der Waals surface area (Å²) in [5, 5.41) is 11.8. The van der Waals surface area contributed by atoms with Crippen molar-refractivity contribution in [3.8, 4) is 0 Å². The van der Waals surface area contributed by atoms with Crippen molar-refractivity contribution < 1.29 is 14.7 Å². The Bertz CT molecular complexity index is 533. The zero-order chi connectivity index (χ0) is 14.7. The molecule has 0 radical (unpaired) electrons. The Kier molecular flexibility index (Phi) is 4.65. The number of urea groups is 1. The second-order valence-electron chi connectivity index (χ2n) is 5.00. The van der Waals surface area contributed by atoms with Gasteiger partial charge >= 0.3 is 12.0 Å². The van der Waals surface area contributed by atoms with E-state index in [9.17, 15) is 9.59 Å². The summed E-state index contributed by atoms with van der Waals surface area (Å²) in [6.45, 7) is 2.77. The standard InChI is InChI=1S/C14H17BrN2O3/c1-9-4-2-3-5-17(9)14(20)16-12-7-10(13(18)19)6-11(15)8-12/h6-9H,2-5H2,1H3,(H,16,20)(H,18,19). The van der Waals surface area contributed by atoms with Gasteiger partial charge in [-0.25, -0.2) is 9.59 Å². The van der Waals surface area contributed by atoms with Gasteiger partial charge in [0.15, 0.2) is 0 Å². The van der Waals surface area contributed by atoms with Gasteiger partial charge in [0, 0.05) is 22.7 Å². The number of piperidine rings is 1. The number of carbonyl (C=O) groups excluding carboxylic acids is 1. The van der Waals surface area contributed by atoms with Crippen LogP contribution in [0.3, 0.4) is 0 Å². The second-order valence-corrected chi connectivity index (χ2v) is 5.92. The molecule has 108 valence electrons. The topological polar surface area (TPSA) is 69.6 Å². The van der Waals surface area contributed by atoms with Crippen LogP contribution < -0.4 is 5.32 Å². The van der Waals surface area contributed by atoms with Crippen molar-refractivity contribution in [3.05, 3.63) is 28.2 Å². The molecule has 0 spiro atoms. The van der Waals surface area contributed by atoms with Gasteiger partial charge in [0.25, 0.3) is 0 Å². The number of benzene rings is 1. The van der Waals surface area contributed by atoms with E-state index in [1.54, 1.807) is 11.0 Å². The molecule has 1 aliphatic rings. The van der Waals surface area contributed by atoms with Crippen molar-refractivity contribution >= 4 is 33.6 Å². The number of rotatable bonds is 2. The number of likely N-dealkylation sites (tertiary alicyclic amines) is 1. The minimum Gasteiger partial charge on any atom is -0.478 e. The maximum atomic E-state index is 12.2. The van der Waals surface area contributed by atoms with Crippen molar-refractivity contribution in [1.29, 1.82) is 0 Å². The van der Waals surface area contributed by atoms with Crippen molar-refractivity contribution in [2.75, 3.05) is 11.9 Å². The molecule has 1 aromatic carbocycles. The van der Waals surface area contributed by atoms with Gasteiger partial charge in [-0.05, 0) is 44.4 Å². The molecule has 1 atom stereocenters. The van der Waals surface area contributed by atoms with E-state index in [0.717, 1.165) is 25.8 Å². The zero-order valence-electron chi connectivity index (χ0n) is 11.2. The number of carboxylic acid groups (broad SMARTS) is 1. The van der Waals surface area contributed by atoms with Crippen LogP contribution in [-0.2, 0) is 0 Å². The molecule has 1 fully saturated rings. The maximum Gasteiger partial charge on any atom is 0.335 e. The Labute approximate surface area is 126 Å². The molecule has 2 N–H and O–H groups in total. The van der Waals surface area contributed by atoms with Crippen LogP contribution in [0.25, 0.3) is 0 Å². The lowest BCUT2D eigenvalue weighted by atomic mass is 10.0. The molecule has 1 aromatic rings. The predicted octanol–water partition coefficient (Wildman–Crippen LogP) is 3.55. The lowest BCUT2D eigenvalue weighted by molar-refractivity contribution is 0.0696. The van der Waals surface area contributed by atoms with E-state index in [2.05, 4.69) is 21.2 Å². The van der Waals surface area contributed by atoms with E-state index >= 15 is 0 Å². The third kappa shape index (κ3) is 3.50. The molecule has 1 heterocycles. The number of nitrogens with zero attached hydrogens (tertiary/aromatic N) is 1. The molecule has 1 saturated heterocycles. The van der Waals surface area contributed by atoms with Crippen molar-refractivity contribution in [3.63, 3.8) is 0 Å². The van der Waals surface area contributed by atoms with Gasteiger partial charge in [0.1, 0.15) is 0 Å². The molecule has 0 aliphatic carbocycles. The van der Waals surface area contributed by atoms with Crippen LogP contribution in [0, 0.1) is 0 Å². The van der Waals surface area contributed by atoms with Gasteiger partial charge in [-0.1, -0.05) is 15.9 Å². The number of hydrogen-bond acceptors (Lipinski definition) is 2. The number of halogens is 1. The van der Waals surface area contributed by atoms with Gasteiger partial charge in [0.05, 0.1) is 5.56 Å². The van der Waals surface area contributed by atoms with E-state index in [0.29, 0.717) is 10.2 Å². The van der Waals surface area contributed by atoms with Gasteiger partial charge in [-0.3, -0.25) is 0 Å². The maximum absolute atomic E-state index is 12.2. The van der Waals surface area contributed by atoms with Crippen LogP contribution in [0.15, 0.2) is 22.7 Å². The van der Waals surface area contributed by atoms with E-state index < -0.39 is 5.97 Å². The molecule has 6 heteroatoms. The highest BCUT2D eigenvalue weighted by Gasteiger charge is 2.23. The Balaban J connectivity index is 2.13. The molecule has 1 unspecified atom stereocenters. The lowest BCUT2D eigenvalue weighted by Crippen LogP contribution is -2.44. The highest BCUT2D eigenvalue weighted by molar-refractivity contribution is 9.10.